The molecule has 0 fully saturated rings. The van der Waals surface area contributed by atoms with Gasteiger partial charge in [-0.15, -0.1) is 0 Å². The van der Waals surface area contributed by atoms with Crippen molar-refractivity contribution in [3.05, 3.63) is 41.6 Å². The Hall–Kier alpha value is -1.68. The molecule has 0 bridgehead atoms. The van der Waals surface area contributed by atoms with Crippen molar-refractivity contribution < 1.29 is 0 Å². The monoisotopic (exact) mass is 258 g/mol. The van der Waals surface area contributed by atoms with Gasteiger partial charge in [0, 0.05) is 31.6 Å². The smallest absolute Gasteiger partial charge is 0.140 e. The van der Waals surface area contributed by atoms with Crippen LogP contribution in [-0.2, 0) is 13.0 Å². The second-order valence-electron chi connectivity index (χ2n) is 4.73. The molecule has 0 aliphatic rings. The van der Waals surface area contributed by atoms with Crippen LogP contribution in [0.5, 0.6) is 0 Å². The molecule has 102 valence electrons. The van der Waals surface area contributed by atoms with Crippen molar-refractivity contribution in [1.82, 2.24) is 19.9 Å². The fraction of sp³-hybridized carbons (Fsp3) is 0.467. The maximum Gasteiger partial charge on any atom is 0.140 e. The van der Waals surface area contributed by atoms with Gasteiger partial charge in [-0.05, 0) is 37.1 Å². The quantitative estimate of drug-likeness (QED) is 0.866. The van der Waals surface area contributed by atoms with Gasteiger partial charge in [0.25, 0.3) is 0 Å². The van der Waals surface area contributed by atoms with Gasteiger partial charge in [-0.1, -0.05) is 13.8 Å². The lowest BCUT2D eigenvalue weighted by molar-refractivity contribution is 0.721. The molecular formula is C15H22N4. The number of aryl methyl sites for hydroxylation is 2. The maximum atomic E-state index is 4.60. The van der Waals surface area contributed by atoms with Gasteiger partial charge in [0.15, 0.2) is 0 Å². The fourth-order valence-corrected chi connectivity index (χ4v) is 2.18. The van der Waals surface area contributed by atoms with Gasteiger partial charge >= 0.3 is 0 Å². The molecule has 1 N–H and O–H groups in total. The summed E-state index contributed by atoms with van der Waals surface area (Å²) in [7, 11) is 0. The van der Waals surface area contributed by atoms with E-state index < -0.39 is 0 Å². The van der Waals surface area contributed by atoms with Gasteiger partial charge in [-0.2, -0.15) is 0 Å². The first-order chi connectivity index (χ1) is 9.26. The minimum Gasteiger partial charge on any atom is -0.313 e. The lowest BCUT2D eigenvalue weighted by atomic mass is 10.2. The van der Waals surface area contributed by atoms with Crippen LogP contribution in [0.2, 0.25) is 0 Å². The van der Waals surface area contributed by atoms with E-state index in [1.54, 1.807) is 0 Å². The molecule has 2 aromatic heterocycles. The van der Waals surface area contributed by atoms with Gasteiger partial charge in [-0.3, -0.25) is 4.57 Å². The molecule has 0 saturated heterocycles. The summed E-state index contributed by atoms with van der Waals surface area (Å²) in [5.41, 5.74) is 2.41. The molecule has 2 rings (SSSR count). The summed E-state index contributed by atoms with van der Waals surface area (Å²) >= 11 is 0. The van der Waals surface area contributed by atoms with Crippen molar-refractivity contribution in [2.24, 2.45) is 0 Å². The van der Waals surface area contributed by atoms with E-state index in [-0.39, 0.29) is 0 Å². The third-order valence-corrected chi connectivity index (χ3v) is 3.11. The maximum absolute atomic E-state index is 4.60. The number of hydrogen-bond donors (Lipinski definition) is 1. The van der Waals surface area contributed by atoms with Crippen LogP contribution in [0.25, 0.3) is 5.82 Å². The highest BCUT2D eigenvalue weighted by Crippen LogP contribution is 2.15. The van der Waals surface area contributed by atoms with Gasteiger partial charge in [0.1, 0.15) is 11.6 Å². The molecule has 0 aliphatic heterocycles. The average molecular weight is 258 g/mol. The molecule has 0 aliphatic carbocycles. The van der Waals surface area contributed by atoms with E-state index in [1.165, 1.54) is 11.1 Å². The molecule has 0 saturated carbocycles. The molecule has 0 atom stereocenters. The zero-order valence-electron chi connectivity index (χ0n) is 12.0. The molecule has 0 unspecified atom stereocenters. The Labute approximate surface area is 114 Å². The summed E-state index contributed by atoms with van der Waals surface area (Å²) in [6.07, 6.45) is 7.85. The first kappa shape index (κ1) is 13.7. The van der Waals surface area contributed by atoms with Crippen LogP contribution in [0.3, 0.4) is 0 Å². The van der Waals surface area contributed by atoms with Crippen LogP contribution in [-0.4, -0.2) is 21.1 Å². The van der Waals surface area contributed by atoms with E-state index in [9.17, 15) is 0 Å². The molecule has 4 heteroatoms. The summed E-state index contributed by atoms with van der Waals surface area (Å²) in [6.45, 7) is 8.23. The third kappa shape index (κ3) is 3.20. The van der Waals surface area contributed by atoms with Gasteiger partial charge in [0.2, 0.25) is 0 Å². The third-order valence-electron chi connectivity index (χ3n) is 3.11. The zero-order chi connectivity index (χ0) is 13.7. The number of aromatic nitrogens is 3. The Bertz CT molecular complexity index is 531. The Morgan fingerprint density at radius 1 is 1.26 bits per heavy atom. The largest absolute Gasteiger partial charge is 0.313 e. The van der Waals surface area contributed by atoms with Gasteiger partial charge < -0.3 is 5.32 Å². The minimum atomic E-state index is 0.871. The molecule has 2 heterocycles. The lowest BCUT2D eigenvalue weighted by Crippen LogP contribution is -2.13. The predicted octanol–water partition coefficient (Wildman–Crippen LogP) is 2.64. The standard InChI is InChI=1S/C15H22N4/c1-4-6-14-17-7-8-19(14)15-12(3)9-13(11-18-15)10-16-5-2/h7-9,11,16H,4-6,10H2,1-3H3. The first-order valence-electron chi connectivity index (χ1n) is 6.95. The summed E-state index contributed by atoms with van der Waals surface area (Å²) in [4.78, 5) is 9.01. The van der Waals surface area contributed by atoms with Crippen LogP contribution < -0.4 is 5.32 Å². The van der Waals surface area contributed by atoms with E-state index in [4.69, 9.17) is 0 Å². The fourth-order valence-electron chi connectivity index (χ4n) is 2.18. The molecule has 19 heavy (non-hydrogen) atoms. The van der Waals surface area contributed by atoms with E-state index in [1.807, 2.05) is 18.6 Å². The van der Waals surface area contributed by atoms with Crippen LogP contribution in [0.1, 0.15) is 37.2 Å². The van der Waals surface area contributed by atoms with Crippen molar-refractivity contribution >= 4 is 0 Å². The lowest BCUT2D eigenvalue weighted by Gasteiger charge is -2.11. The van der Waals surface area contributed by atoms with Crippen LogP contribution >= 0.6 is 0 Å². The van der Waals surface area contributed by atoms with E-state index in [0.29, 0.717) is 0 Å². The molecule has 0 radical (unpaired) electrons. The average Bonchev–Trinajstić information content (AvgIpc) is 2.85. The number of nitrogens with one attached hydrogen (secondary N) is 1. The second kappa shape index (κ2) is 6.48. The second-order valence-corrected chi connectivity index (χ2v) is 4.73. The summed E-state index contributed by atoms with van der Waals surface area (Å²) in [5, 5.41) is 3.32. The van der Waals surface area contributed by atoms with Crippen molar-refractivity contribution in [3.63, 3.8) is 0 Å². The van der Waals surface area contributed by atoms with E-state index in [0.717, 1.165) is 37.6 Å². The topological polar surface area (TPSA) is 42.7 Å². The van der Waals surface area contributed by atoms with Crippen LogP contribution in [0.15, 0.2) is 24.7 Å². The van der Waals surface area contributed by atoms with Crippen LogP contribution in [0.4, 0.5) is 0 Å². The SMILES string of the molecule is CCCc1nccn1-c1ncc(CNCC)cc1C. The van der Waals surface area contributed by atoms with Gasteiger partial charge in [-0.25, -0.2) is 9.97 Å². The molecule has 0 aromatic carbocycles. The number of hydrogen-bond acceptors (Lipinski definition) is 3. The summed E-state index contributed by atoms with van der Waals surface area (Å²) in [5.74, 6) is 2.07. The van der Waals surface area contributed by atoms with E-state index >= 15 is 0 Å². The zero-order valence-corrected chi connectivity index (χ0v) is 12.0. The summed E-state index contributed by atoms with van der Waals surface area (Å²) in [6, 6.07) is 2.20. The molecule has 4 nitrogen and oxygen atoms in total. The predicted molar refractivity (Wildman–Crippen MR) is 77.5 cm³/mol. The van der Waals surface area contributed by atoms with Crippen LogP contribution in [0, 0.1) is 6.92 Å². The number of imidazole rings is 1. The van der Waals surface area contributed by atoms with Crippen molar-refractivity contribution in [2.75, 3.05) is 6.54 Å². The highest BCUT2D eigenvalue weighted by Gasteiger charge is 2.08. The number of nitrogens with zero attached hydrogens (tertiary/aromatic N) is 3. The van der Waals surface area contributed by atoms with E-state index in [2.05, 4.69) is 46.7 Å². The normalized spacial score (nSPS) is 10.9. The minimum absolute atomic E-state index is 0.871. The number of rotatable bonds is 6. The first-order valence-corrected chi connectivity index (χ1v) is 6.95. The van der Waals surface area contributed by atoms with Crippen molar-refractivity contribution in [1.29, 1.82) is 0 Å². The Balaban J connectivity index is 2.27. The van der Waals surface area contributed by atoms with Crippen molar-refractivity contribution in [2.45, 2.75) is 40.2 Å². The van der Waals surface area contributed by atoms with Gasteiger partial charge in [0.05, 0.1) is 0 Å². The highest BCUT2D eigenvalue weighted by atomic mass is 15.1. The summed E-state index contributed by atoms with van der Waals surface area (Å²) < 4.78 is 2.09. The molecule has 0 amide bonds. The molecular weight excluding hydrogens is 236 g/mol. The Kier molecular flexibility index (Phi) is 4.68. The number of pyridine rings is 1. The van der Waals surface area contributed by atoms with Crippen molar-refractivity contribution in [3.8, 4) is 5.82 Å². The Morgan fingerprint density at radius 2 is 2.11 bits per heavy atom. The highest BCUT2D eigenvalue weighted by molar-refractivity contribution is 5.36. The molecule has 0 spiro atoms. The molecule has 2 aromatic rings. The Morgan fingerprint density at radius 3 is 2.79 bits per heavy atom.